The molecule has 1 amide bonds. The molecule has 0 radical (unpaired) electrons. The normalized spacial score (nSPS) is 15.2. The smallest absolute Gasteiger partial charge is 0.490 e. The molecule has 3 N–H and O–H groups in total. The molecule has 2 aromatic heterocycles. The summed E-state index contributed by atoms with van der Waals surface area (Å²) in [6, 6.07) is 12.1. The van der Waals surface area contributed by atoms with E-state index in [4.69, 9.17) is 14.6 Å². The predicted molar refractivity (Wildman–Crippen MR) is 147 cm³/mol. The fourth-order valence-electron chi connectivity index (χ4n) is 4.48. The second kappa shape index (κ2) is 12.4. The highest BCUT2D eigenvalue weighted by molar-refractivity contribution is 5.95. The number of carbonyl (C=O) groups is 2. The highest BCUT2D eigenvalue weighted by atomic mass is 19.4. The first-order valence-corrected chi connectivity index (χ1v) is 12.7. The first kappa shape index (κ1) is 30.2. The number of nitrogens with one attached hydrogen (secondary N) is 2. The lowest BCUT2D eigenvalue weighted by molar-refractivity contribution is -0.192. The third-order valence-corrected chi connectivity index (χ3v) is 6.71. The SMILES string of the molecule is COc1cc(C(=O)N(C)C2CCN(C)C2)ccc1Nc1cncc(-c2cc3c(F)cccc3[nH]2)n1.O=C(O)C(F)(F)F. The van der Waals surface area contributed by atoms with Gasteiger partial charge in [0.2, 0.25) is 0 Å². The van der Waals surface area contributed by atoms with E-state index >= 15 is 0 Å². The Morgan fingerprint density at radius 1 is 1.19 bits per heavy atom. The standard InChI is InChI=1S/C26H27FN6O2.C2HF3O2/c1-32-10-9-17(15-32)33(2)26(34)16-7-8-21(24(11-16)35-3)30-25-14-28-13-23(31-25)22-12-18-19(27)5-4-6-20(18)29-22;3-2(4,5)1(6)7/h4-8,11-14,17,29H,9-10,15H2,1-3H3,(H,30,31);(H,6,7). The number of fused-ring (bicyclic) bond motifs is 1. The summed E-state index contributed by atoms with van der Waals surface area (Å²) >= 11 is 0. The number of carboxylic acids is 1. The molecule has 1 unspecified atom stereocenters. The van der Waals surface area contributed by atoms with Gasteiger partial charge in [-0.15, -0.1) is 0 Å². The van der Waals surface area contributed by atoms with Crippen LogP contribution in [0.1, 0.15) is 16.8 Å². The molecule has 222 valence electrons. The number of aromatic nitrogens is 3. The number of ether oxygens (including phenoxy) is 1. The number of carboxylic acid groups (broad SMARTS) is 1. The maximum absolute atomic E-state index is 14.1. The Bertz CT molecular complexity index is 1590. The molecule has 42 heavy (non-hydrogen) atoms. The third kappa shape index (κ3) is 6.94. The van der Waals surface area contributed by atoms with Gasteiger partial charge < -0.3 is 29.9 Å². The summed E-state index contributed by atoms with van der Waals surface area (Å²) in [5, 5.41) is 10.8. The number of aliphatic carboxylic acids is 1. The number of hydrogen-bond donors (Lipinski definition) is 3. The van der Waals surface area contributed by atoms with Crippen LogP contribution < -0.4 is 10.1 Å². The van der Waals surface area contributed by atoms with E-state index in [0.29, 0.717) is 45.1 Å². The van der Waals surface area contributed by atoms with Crippen LogP contribution in [-0.4, -0.2) is 88.2 Å². The average Bonchev–Trinajstić information content (AvgIpc) is 3.60. The van der Waals surface area contributed by atoms with Crippen molar-refractivity contribution >= 4 is 34.3 Å². The predicted octanol–water partition coefficient (Wildman–Crippen LogP) is 4.93. The minimum Gasteiger partial charge on any atom is -0.495 e. The van der Waals surface area contributed by atoms with Crippen LogP contribution in [0.5, 0.6) is 5.75 Å². The lowest BCUT2D eigenvalue weighted by atomic mass is 10.1. The third-order valence-electron chi connectivity index (χ3n) is 6.71. The first-order valence-electron chi connectivity index (χ1n) is 12.7. The van der Waals surface area contributed by atoms with E-state index < -0.39 is 12.1 Å². The molecule has 4 aromatic rings. The van der Waals surface area contributed by atoms with Crippen molar-refractivity contribution in [3.8, 4) is 17.1 Å². The number of amides is 1. The quantitative estimate of drug-likeness (QED) is 0.271. The number of carbonyl (C=O) groups excluding carboxylic acids is 1. The van der Waals surface area contributed by atoms with E-state index in [1.807, 2.05) is 18.0 Å². The van der Waals surface area contributed by atoms with Crippen LogP contribution in [-0.2, 0) is 4.79 Å². The molecule has 0 saturated carbocycles. The molecule has 1 fully saturated rings. The maximum Gasteiger partial charge on any atom is 0.490 e. The van der Waals surface area contributed by atoms with Gasteiger partial charge in [-0.2, -0.15) is 13.2 Å². The molecule has 1 atom stereocenters. The van der Waals surface area contributed by atoms with Crippen molar-refractivity contribution in [2.45, 2.75) is 18.6 Å². The fourth-order valence-corrected chi connectivity index (χ4v) is 4.48. The monoisotopic (exact) mass is 588 g/mol. The zero-order chi connectivity index (χ0) is 30.6. The van der Waals surface area contributed by atoms with E-state index in [-0.39, 0.29) is 17.8 Å². The number of methoxy groups -OCH3 is 1. The summed E-state index contributed by atoms with van der Waals surface area (Å²) in [5.74, 6) is -2.08. The van der Waals surface area contributed by atoms with Crippen molar-refractivity contribution in [2.75, 3.05) is 39.6 Å². The van der Waals surface area contributed by atoms with Crippen LogP contribution in [0.25, 0.3) is 22.3 Å². The largest absolute Gasteiger partial charge is 0.495 e. The van der Waals surface area contributed by atoms with E-state index in [9.17, 15) is 22.4 Å². The molecular weight excluding hydrogens is 560 g/mol. The van der Waals surface area contributed by atoms with Crippen molar-refractivity contribution in [3.63, 3.8) is 0 Å². The summed E-state index contributed by atoms with van der Waals surface area (Å²) in [7, 11) is 5.48. The van der Waals surface area contributed by atoms with Gasteiger partial charge in [0.25, 0.3) is 5.91 Å². The molecule has 3 heterocycles. The second-order valence-electron chi connectivity index (χ2n) is 9.64. The minimum absolute atomic E-state index is 0.0389. The lowest BCUT2D eigenvalue weighted by Crippen LogP contribution is -2.38. The molecular formula is C28H28F4N6O4. The summed E-state index contributed by atoms with van der Waals surface area (Å²) in [5.41, 5.74) is 3.14. The molecule has 1 aliphatic heterocycles. The zero-order valence-corrected chi connectivity index (χ0v) is 22.9. The number of hydrogen-bond acceptors (Lipinski definition) is 7. The van der Waals surface area contributed by atoms with Crippen LogP contribution in [0.15, 0.2) is 54.9 Å². The van der Waals surface area contributed by atoms with Crippen molar-refractivity contribution in [1.29, 1.82) is 0 Å². The Hall–Kier alpha value is -4.72. The van der Waals surface area contributed by atoms with Crippen molar-refractivity contribution in [1.82, 2.24) is 24.8 Å². The Balaban J connectivity index is 0.000000517. The molecule has 0 spiro atoms. The van der Waals surface area contributed by atoms with Crippen LogP contribution in [0.2, 0.25) is 0 Å². The summed E-state index contributed by atoms with van der Waals surface area (Å²) in [4.78, 5) is 38.1. The number of benzene rings is 2. The fraction of sp³-hybridized carbons (Fsp3) is 0.286. The number of anilines is 2. The topological polar surface area (TPSA) is 124 Å². The highest BCUT2D eigenvalue weighted by Crippen LogP contribution is 2.30. The van der Waals surface area contributed by atoms with Crippen LogP contribution in [0, 0.1) is 5.82 Å². The highest BCUT2D eigenvalue weighted by Gasteiger charge is 2.38. The molecule has 14 heteroatoms. The second-order valence-corrected chi connectivity index (χ2v) is 9.64. The van der Waals surface area contributed by atoms with Crippen LogP contribution >= 0.6 is 0 Å². The number of rotatable bonds is 6. The summed E-state index contributed by atoms with van der Waals surface area (Å²) in [6.07, 6.45) is -0.910. The summed E-state index contributed by atoms with van der Waals surface area (Å²) in [6.45, 7) is 1.86. The van der Waals surface area contributed by atoms with E-state index in [1.165, 1.54) is 6.07 Å². The molecule has 1 saturated heterocycles. The van der Waals surface area contributed by atoms with Crippen molar-refractivity contribution < 1.29 is 37.0 Å². The molecule has 5 rings (SSSR count). The number of likely N-dealkylation sites (N-methyl/N-ethyl adjacent to an activating group) is 2. The zero-order valence-electron chi connectivity index (χ0n) is 22.9. The van der Waals surface area contributed by atoms with E-state index in [1.54, 1.807) is 49.8 Å². The number of likely N-dealkylation sites (tertiary alicyclic amines) is 1. The Morgan fingerprint density at radius 2 is 1.93 bits per heavy atom. The number of nitrogens with zero attached hydrogens (tertiary/aromatic N) is 4. The minimum atomic E-state index is -5.08. The van der Waals surface area contributed by atoms with Gasteiger partial charge in [0, 0.05) is 36.1 Å². The average molecular weight is 589 g/mol. The van der Waals surface area contributed by atoms with Gasteiger partial charge in [0.1, 0.15) is 23.1 Å². The van der Waals surface area contributed by atoms with Gasteiger partial charge in [0.15, 0.2) is 0 Å². The van der Waals surface area contributed by atoms with Crippen LogP contribution in [0.4, 0.5) is 29.1 Å². The Morgan fingerprint density at radius 3 is 2.55 bits per heavy atom. The first-order chi connectivity index (χ1) is 19.9. The Labute approximate surface area is 237 Å². The van der Waals surface area contributed by atoms with E-state index in [0.717, 1.165) is 19.5 Å². The molecule has 2 aromatic carbocycles. The van der Waals surface area contributed by atoms with E-state index in [2.05, 4.69) is 32.2 Å². The lowest BCUT2D eigenvalue weighted by Gasteiger charge is -2.25. The Kier molecular flexibility index (Phi) is 8.95. The number of H-pyrrole nitrogens is 1. The van der Waals surface area contributed by atoms with Gasteiger partial charge in [-0.1, -0.05) is 6.07 Å². The van der Waals surface area contributed by atoms with Crippen molar-refractivity contribution in [2.24, 2.45) is 0 Å². The molecule has 0 aliphatic carbocycles. The van der Waals surface area contributed by atoms with Gasteiger partial charge in [-0.25, -0.2) is 14.2 Å². The molecule has 1 aliphatic rings. The summed E-state index contributed by atoms with van der Waals surface area (Å²) < 4.78 is 51.4. The molecule has 10 nitrogen and oxygen atoms in total. The molecule has 0 bridgehead atoms. The van der Waals surface area contributed by atoms with Gasteiger partial charge >= 0.3 is 12.1 Å². The van der Waals surface area contributed by atoms with Crippen molar-refractivity contribution in [3.05, 3.63) is 66.2 Å². The maximum atomic E-state index is 14.1. The number of aromatic amines is 1. The van der Waals surface area contributed by atoms with Crippen LogP contribution in [0.3, 0.4) is 0 Å². The number of alkyl halides is 3. The van der Waals surface area contributed by atoms with Gasteiger partial charge in [0.05, 0.1) is 30.9 Å². The van der Waals surface area contributed by atoms with Gasteiger partial charge in [-0.3, -0.25) is 9.78 Å². The van der Waals surface area contributed by atoms with Gasteiger partial charge in [-0.05, 0) is 56.4 Å². The number of halogens is 4.